The first-order valence-electron chi connectivity index (χ1n) is 9.93. The fourth-order valence-corrected chi connectivity index (χ4v) is 4.03. The lowest BCUT2D eigenvalue weighted by molar-refractivity contribution is 0.140. The molecule has 0 bridgehead atoms. The molecule has 5 rings (SSSR count). The van der Waals surface area contributed by atoms with Gasteiger partial charge in [-0.05, 0) is 42.7 Å². The zero-order valence-electron chi connectivity index (χ0n) is 17.1. The summed E-state index contributed by atoms with van der Waals surface area (Å²) in [5.41, 5.74) is 5.82. The van der Waals surface area contributed by atoms with Gasteiger partial charge in [-0.25, -0.2) is 15.0 Å². The third kappa shape index (κ3) is 3.07. The molecule has 1 aliphatic rings. The number of hydrogen-bond donors (Lipinski definition) is 3. The van der Waals surface area contributed by atoms with Crippen molar-refractivity contribution in [3.63, 3.8) is 0 Å². The predicted molar refractivity (Wildman–Crippen MR) is 117 cm³/mol. The average molecular weight is 412 g/mol. The number of aryl methyl sites for hydroxylation is 1. The summed E-state index contributed by atoms with van der Waals surface area (Å²) < 4.78 is 0. The maximum absolute atomic E-state index is 10.2. The lowest BCUT2D eigenvalue weighted by Gasteiger charge is -2.35. The molecule has 1 saturated heterocycles. The van der Waals surface area contributed by atoms with Crippen LogP contribution < -0.4 is 4.90 Å². The maximum atomic E-state index is 10.2. The molecule has 31 heavy (non-hydrogen) atoms. The Bertz CT molecular complexity index is 1350. The second-order valence-corrected chi connectivity index (χ2v) is 7.84. The molecule has 3 N–H and O–H groups in total. The van der Waals surface area contributed by atoms with Gasteiger partial charge in [0.2, 0.25) is 5.95 Å². The van der Waals surface area contributed by atoms with E-state index in [9.17, 15) is 15.5 Å². The number of aliphatic hydroxyl groups excluding tert-OH is 1. The zero-order valence-corrected chi connectivity index (χ0v) is 17.1. The van der Waals surface area contributed by atoms with Crippen LogP contribution >= 0.6 is 0 Å². The summed E-state index contributed by atoms with van der Waals surface area (Å²) in [6, 6.07) is 7.69. The van der Waals surface area contributed by atoms with E-state index in [1.54, 1.807) is 24.7 Å². The van der Waals surface area contributed by atoms with Gasteiger partial charge in [0.1, 0.15) is 17.5 Å². The molecule has 0 amide bonds. The van der Waals surface area contributed by atoms with Gasteiger partial charge in [0.05, 0.1) is 17.4 Å². The molecule has 8 heteroatoms. The van der Waals surface area contributed by atoms with Gasteiger partial charge in [-0.2, -0.15) is 5.26 Å². The molecule has 0 aliphatic carbocycles. The number of H-pyrrole nitrogens is 1. The molecule has 0 unspecified atom stereocenters. The smallest absolute Gasteiger partial charge is 0.225 e. The summed E-state index contributed by atoms with van der Waals surface area (Å²) in [5, 5.41) is 30.3. The topological polar surface area (TPSA) is 122 Å². The van der Waals surface area contributed by atoms with E-state index in [0.717, 1.165) is 22.4 Å². The van der Waals surface area contributed by atoms with Crippen LogP contribution in [0.5, 0.6) is 5.75 Å². The number of aromatic nitrogens is 4. The molecule has 0 radical (unpaired) electrons. The number of aromatic hydroxyl groups is 1. The fourth-order valence-electron chi connectivity index (χ4n) is 4.03. The van der Waals surface area contributed by atoms with Gasteiger partial charge in [0.15, 0.2) is 0 Å². The first-order valence-corrected chi connectivity index (χ1v) is 9.93. The summed E-state index contributed by atoms with van der Waals surface area (Å²) >= 11 is 0. The van der Waals surface area contributed by atoms with Crippen molar-refractivity contribution in [2.45, 2.75) is 20.0 Å². The number of fused-ring (bicyclic) bond motifs is 1. The van der Waals surface area contributed by atoms with Crippen molar-refractivity contribution in [3.05, 3.63) is 53.5 Å². The predicted octanol–water partition coefficient (Wildman–Crippen LogP) is 3.06. The maximum Gasteiger partial charge on any atom is 0.225 e. The summed E-state index contributed by atoms with van der Waals surface area (Å²) in [6.07, 6.45) is 4.79. The lowest BCUT2D eigenvalue weighted by atomic mass is 9.92. The Labute approximate surface area is 178 Å². The Morgan fingerprint density at radius 3 is 2.55 bits per heavy atom. The third-order valence-corrected chi connectivity index (χ3v) is 5.78. The molecule has 4 heterocycles. The fraction of sp³-hybridized carbons (Fsp3) is 0.217. The van der Waals surface area contributed by atoms with Gasteiger partial charge < -0.3 is 20.1 Å². The van der Waals surface area contributed by atoms with Crippen LogP contribution in [0.2, 0.25) is 0 Å². The molecule has 1 fully saturated rings. The minimum Gasteiger partial charge on any atom is -0.508 e. The molecular weight excluding hydrogens is 392 g/mol. The zero-order chi connectivity index (χ0) is 21.7. The number of nitrogens with one attached hydrogen (secondary N) is 1. The second-order valence-electron chi connectivity index (χ2n) is 7.84. The van der Waals surface area contributed by atoms with E-state index in [2.05, 4.69) is 26.0 Å². The highest BCUT2D eigenvalue weighted by atomic mass is 16.3. The quantitative estimate of drug-likeness (QED) is 0.473. The summed E-state index contributed by atoms with van der Waals surface area (Å²) in [4.78, 5) is 18.5. The van der Waals surface area contributed by atoms with E-state index >= 15 is 0 Å². The van der Waals surface area contributed by atoms with Crippen molar-refractivity contribution in [2.24, 2.45) is 0 Å². The SMILES string of the molecule is Cc1ccc(O)c(C)c1-c1cnc2[nH]c(-c3cnc(N4CC(O)C4)nc3)cc2c1C#N. The van der Waals surface area contributed by atoms with Crippen molar-refractivity contribution in [1.82, 2.24) is 19.9 Å². The Morgan fingerprint density at radius 1 is 1.13 bits per heavy atom. The number of β-amino-alcohol motifs (C(OH)–C–C–N with tert-alkyl or cyclic N) is 1. The van der Waals surface area contributed by atoms with Crippen LogP contribution in [0.1, 0.15) is 16.7 Å². The van der Waals surface area contributed by atoms with Crippen LogP contribution in [-0.4, -0.2) is 49.3 Å². The number of rotatable bonds is 3. The molecular formula is C23H20N6O2. The van der Waals surface area contributed by atoms with E-state index in [4.69, 9.17) is 0 Å². The Hall–Kier alpha value is -3.96. The molecule has 0 spiro atoms. The van der Waals surface area contributed by atoms with Gasteiger partial charge in [-0.15, -0.1) is 0 Å². The lowest BCUT2D eigenvalue weighted by Crippen LogP contribution is -2.51. The van der Waals surface area contributed by atoms with E-state index in [0.29, 0.717) is 46.8 Å². The van der Waals surface area contributed by atoms with Gasteiger partial charge in [-0.1, -0.05) is 6.07 Å². The van der Waals surface area contributed by atoms with Crippen LogP contribution in [0.3, 0.4) is 0 Å². The molecule has 8 nitrogen and oxygen atoms in total. The number of nitrogens with zero attached hydrogens (tertiary/aromatic N) is 5. The largest absolute Gasteiger partial charge is 0.508 e. The van der Waals surface area contributed by atoms with Crippen molar-refractivity contribution >= 4 is 17.0 Å². The standard InChI is InChI=1S/C23H20N6O2/c1-12-3-4-20(31)13(2)21(12)18-9-25-22-16(17(18)6-24)5-19(28-22)14-7-26-23(27-8-14)29-10-15(30)11-29/h3-5,7-9,15,30-31H,10-11H2,1-2H3,(H,25,28). The van der Waals surface area contributed by atoms with Gasteiger partial charge in [0.25, 0.3) is 0 Å². The highest BCUT2D eigenvalue weighted by Gasteiger charge is 2.26. The van der Waals surface area contributed by atoms with Crippen LogP contribution in [-0.2, 0) is 0 Å². The summed E-state index contributed by atoms with van der Waals surface area (Å²) in [5.74, 6) is 0.768. The Balaban J connectivity index is 1.58. The average Bonchev–Trinajstić information content (AvgIpc) is 3.19. The number of aliphatic hydroxyl groups is 1. The van der Waals surface area contributed by atoms with Gasteiger partial charge in [0, 0.05) is 48.2 Å². The monoisotopic (exact) mass is 412 g/mol. The first kappa shape index (κ1) is 19.0. The summed E-state index contributed by atoms with van der Waals surface area (Å²) in [6.45, 7) is 4.86. The highest BCUT2D eigenvalue weighted by molar-refractivity contribution is 5.94. The number of phenols is 1. The van der Waals surface area contributed by atoms with Crippen molar-refractivity contribution in [2.75, 3.05) is 18.0 Å². The molecule has 1 aromatic carbocycles. The van der Waals surface area contributed by atoms with Gasteiger partial charge in [-0.3, -0.25) is 0 Å². The van der Waals surface area contributed by atoms with Crippen LogP contribution in [0.25, 0.3) is 33.4 Å². The molecule has 3 aromatic heterocycles. The summed E-state index contributed by atoms with van der Waals surface area (Å²) in [7, 11) is 0. The molecule has 154 valence electrons. The number of pyridine rings is 1. The van der Waals surface area contributed by atoms with E-state index < -0.39 is 0 Å². The molecule has 4 aromatic rings. The second kappa shape index (κ2) is 7.07. The molecule has 1 aliphatic heterocycles. The number of benzene rings is 1. The first-order chi connectivity index (χ1) is 15.0. The number of anilines is 1. The third-order valence-electron chi connectivity index (χ3n) is 5.78. The van der Waals surface area contributed by atoms with Crippen LogP contribution in [0.4, 0.5) is 5.95 Å². The van der Waals surface area contributed by atoms with E-state index in [1.165, 1.54) is 0 Å². The van der Waals surface area contributed by atoms with Crippen LogP contribution in [0, 0.1) is 25.2 Å². The van der Waals surface area contributed by atoms with Gasteiger partial charge >= 0.3 is 0 Å². The Morgan fingerprint density at radius 2 is 1.87 bits per heavy atom. The molecule has 0 atom stereocenters. The normalized spacial score (nSPS) is 13.9. The highest BCUT2D eigenvalue weighted by Crippen LogP contribution is 2.37. The number of aromatic amines is 1. The molecule has 0 saturated carbocycles. The van der Waals surface area contributed by atoms with Crippen molar-refractivity contribution in [3.8, 4) is 34.2 Å². The van der Waals surface area contributed by atoms with Crippen molar-refractivity contribution in [1.29, 1.82) is 5.26 Å². The number of nitriles is 1. The number of phenolic OH excluding ortho intramolecular Hbond substituents is 1. The van der Waals surface area contributed by atoms with E-state index in [-0.39, 0.29) is 11.9 Å². The minimum absolute atomic E-state index is 0.186. The minimum atomic E-state index is -0.319. The van der Waals surface area contributed by atoms with Crippen molar-refractivity contribution < 1.29 is 10.2 Å². The van der Waals surface area contributed by atoms with Crippen LogP contribution in [0.15, 0.2) is 36.8 Å². The number of hydrogen-bond acceptors (Lipinski definition) is 7. The Kier molecular flexibility index (Phi) is 4.34. The van der Waals surface area contributed by atoms with E-state index in [1.807, 2.05) is 30.9 Å².